The van der Waals surface area contributed by atoms with Gasteiger partial charge in [-0.1, -0.05) is 109 Å². The molecule has 0 radical (unpaired) electrons. The van der Waals surface area contributed by atoms with Crippen molar-refractivity contribution < 1.29 is 4.42 Å². The fraction of sp³-hybridized carbons (Fsp3) is 0. The second-order valence-corrected chi connectivity index (χ2v) is 14.5. The van der Waals surface area contributed by atoms with Gasteiger partial charge in [0.2, 0.25) is 0 Å². The van der Waals surface area contributed by atoms with Crippen LogP contribution in [-0.4, -0.2) is 18.9 Å². The summed E-state index contributed by atoms with van der Waals surface area (Å²) in [5, 5.41) is 11.1. The van der Waals surface area contributed by atoms with E-state index >= 15 is 0 Å². The molecule has 0 N–H and O–H groups in total. The van der Waals surface area contributed by atoms with Crippen molar-refractivity contribution in [3.63, 3.8) is 0 Å². The Morgan fingerprint density at radius 3 is 2.00 bits per heavy atom. The molecule has 5 heteroatoms. The van der Waals surface area contributed by atoms with Crippen LogP contribution in [0.1, 0.15) is 0 Å². The lowest BCUT2D eigenvalue weighted by Gasteiger charge is -2.11. The summed E-state index contributed by atoms with van der Waals surface area (Å²) in [5.41, 5.74) is 12.3. The van der Waals surface area contributed by atoms with Crippen molar-refractivity contribution in [2.24, 2.45) is 0 Å². The SMILES string of the molecule is c1ccc(-c2nc(-c3ccc(-n4c5ccccc5c5cc6c7c8ccccc8ccc7n7c8ccccc8c(c54)c67)cc3)nc3c2oc2ccccc23)cc1. The maximum absolute atomic E-state index is 6.37. The minimum absolute atomic E-state index is 0.665. The lowest BCUT2D eigenvalue weighted by atomic mass is 10.00. The van der Waals surface area contributed by atoms with Gasteiger partial charge in [0.15, 0.2) is 11.4 Å². The summed E-state index contributed by atoms with van der Waals surface area (Å²) in [6.45, 7) is 0. The maximum Gasteiger partial charge on any atom is 0.180 e. The van der Waals surface area contributed by atoms with E-state index in [9.17, 15) is 0 Å². The molecule has 0 unspecified atom stereocenters. The molecule has 55 heavy (non-hydrogen) atoms. The minimum Gasteiger partial charge on any atom is -0.452 e. The fourth-order valence-corrected chi connectivity index (χ4v) is 9.31. The summed E-state index contributed by atoms with van der Waals surface area (Å²) in [6.07, 6.45) is 0. The Kier molecular flexibility index (Phi) is 5.57. The van der Waals surface area contributed by atoms with Gasteiger partial charge in [-0.15, -0.1) is 0 Å². The third-order valence-corrected chi connectivity index (χ3v) is 11.6. The number of nitrogens with zero attached hydrogens (tertiary/aromatic N) is 4. The average Bonchev–Trinajstić information content (AvgIpc) is 3.99. The Hall–Kier alpha value is -7.50. The highest BCUT2D eigenvalue weighted by Crippen LogP contribution is 2.48. The van der Waals surface area contributed by atoms with Gasteiger partial charge in [0.05, 0.1) is 27.6 Å². The Bertz CT molecular complexity index is 3700. The first-order valence-electron chi connectivity index (χ1n) is 18.7. The summed E-state index contributed by atoms with van der Waals surface area (Å²) < 4.78 is 11.3. The van der Waals surface area contributed by atoms with Gasteiger partial charge in [-0.2, -0.15) is 0 Å². The number of fused-ring (bicyclic) bond motifs is 15. The average molecular weight is 701 g/mol. The van der Waals surface area contributed by atoms with Crippen molar-refractivity contribution in [1.82, 2.24) is 18.9 Å². The van der Waals surface area contributed by atoms with E-state index < -0.39 is 0 Å². The molecule has 0 amide bonds. The molecule has 13 aromatic rings. The third-order valence-electron chi connectivity index (χ3n) is 11.6. The number of rotatable bonds is 3. The van der Waals surface area contributed by atoms with E-state index in [1.54, 1.807) is 0 Å². The zero-order valence-electron chi connectivity index (χ0n) is 29.4. The van der Waals surface area contributed by atoms with E-state index in [2.05, 4.69) is 142 Å². The number of hydrogen-bond acceptors (Lipinski definition) is 3. The highest BCUT2D eigenvalue weighted by atomic mass is 16.3. The molecular formula is C50H28N4O. The molecule has 0 bridgehead atoms. The number of furan rings is 1. The lowest BCUT2D eigenvalue weighted by molar-refractivity contribution is 0.667. The molecule has 0 spiro atoms. The molecule has 5 nitrogen and oxygen atoms in total. The van der Waals surface area contributed by atoms with E-state index in [-0.39, 0.29) is 0 Å². The first kappa shape index (κ1) is 29.0. The number of para-hydroxylation sites is 3. The van der Waals surface area contributed by atoms with Gasteiger partial charge in [-0.05, 0) is 71.4 Å². The normalized spacial score (nSPS) is 12.4. The summed E-state index contributed by atoms with van der Waals surface area (Å²) in [6, 6.07) is 60.5. The standard InChI is InChI=1S/C50H28N4O/c1-2-13-30(14-3-1)45-49-46(36-18-8-11-21-42(36)55-49)52-50(51-45)31-22-25-32(26-23-31)53-39-19-9-6-16-34(39)37-28-38-43-33-15-5-4-12-29(33)24-27-41(43)54-40-20-10-7-17-35(40)44(47(37)53)48(38)54/h1-28H. The molecule has 0 fully saturated rings. The fourth-order valence-electron chi connectivity index (χ4n) is 9.31. The van der Waals surface area contributed by atoms with Crippen molar-refractivity contribution in [3.05, 3.63) is 170 Å². The van der Waals surface area contributed by atoms with Crippen molar-refractivity contribution in [3.8, 4) is 28.3 Å². The molecular weight excluding hydrogens is 673 g/mol. The maximum atomic E-state index is 6.37. The predicted molar refractivity (Wildman–Crippen MR) is 227 cm³/mol. The second kappa shape index (κ2) is 10.6. The molecule has 0 aliphatic heterocycles. The minimum atomic E-state index is 0.665. The van der Waals surface area contributed by atoms with Gasteiger partial charge in [0, 0.05) is 54.5 Å². The van der Waals surface area contributed by atoms with Gasteiger partial charge in [0.1, 0.15) is 16.8 Å². The van der Waals surface area contributed by atoms with Gasteiger partial charge in [0.25, 0.3) is 0 Å². The van der Waals surface area contributed by atoms with Crippen LogP contribution in [0.25, 0.3) is 121 Å². The summed E-state index contributed by atoms with van der Waals surface area (Å²) in [4.78, 5) is 10.3. The first-order chi connectivity index (χ1) is 27.3. The van der Waals surface area contributed by atoms with Crippen molar-refractivity contribution in [2.75, 3.05) is 0 Å². The van der Waals surface area contributed by atoms with Crippen LogP contribution in [0, 0.1) is 0 Å². The Morgan fingerprint density at radius 1 is 0.436 bits per heavy atom. The highest BCUT2D eigenvalue weighted by Gasteiger charge is 2.25. The lowest BCUT2D eigenvalue weighted by Crippen LogP contribution is -1.96. The zero-order valence-corrected chi connectivity index (χ0v) is 29.4. The van der Waals surface area contributed by atoms with Crippen LogP contribution in [0.4, 0.5) is 0 Å². The van der Waals surface area contributed by atoms with E-state index in [1.807, 2.05) is 36.4 Å². The molecule has 0 aliphatic rings. The number of benzene rings is 8. The van der Waals surface area contributed by atoms with E-state index in [0.717, 1.165) is 39.0 Å². The summed E-state index contributed by atoms with van der Waals surface area (Å²) in [5.74, 6) is 0.665. The van der Waals surface area contributed by atoms with Gasteiger partial charge < -0.3 is 13.4 Å². The van der Waals surface area contributed by atoms with Gasteiger partial charge in [-0.3, -0.25) is 0 Å². The van der Waals surface area contributed by atoms with Crippen LogP contribution in [-0.2, 0) is 0 Å². The number of aromatic nitrogens is 4. The van der Waals surface area contributed by atoms with Crippen molar-refractivity contribution >= 4 is 92.7 Å². The van der Waals surface area contributed by atoms with Crippen LogP contribution in [0.5, 0.6) is 0 Å². The molecule has 8 aromatic carbocycles. The smallest absolute Gasteiger partial charge is 0.180 e. The topological polar surface area (TPSA) is 48.3 Å². The van der Waals surface area contributed by atoms with Crippen molar-refractivity contribution in [1.29, 1.82) is 0 Å². The zero-order chi connectivity index (χ0) is 35.8. The first-order valence-corrected chi connectivity index (χ1v) is 18.7. The molecule has 5 aromatic heterocycles. The largest absolute Gasteiger partial charge is 0.452 e. The molecule has 0 saturated heterocycles. The monoisotopic (exact) mass is 700 g/mol. The van der Waals surface area contributed by atoms with Crippen molar-refractivity contribution in [2.45, 2.75) is 0 Å². The van der Waals surface area contributed by atoms with Crippen LogP contribution in [0.3, 0.4) is 0 Å². The van der Waals surface area contributed by atoms with Crippen LogP contribution in [0.2, 0.25) is 0 Å². The summed E-state index contributed by atoms with van der Waals surface area (Å²) >= 11 is 0. The van der Waals surface area contributed by atoms with E-state index in [1.165, 1.54) is 70.7 Å². The molecule has 5 heterocycles. The van der Waals surface area contributed by atoms with E-state index in [0.29, 0.717) is 11.4 Å². The van der Waals surface area contributed by atoms with Crippen LogP contribution in [0.15, 0.2) is 174 Å². The predicted octanol–water partition coefficient (Wildman–Crippen LogP) is 13.1. The third kappa shape index (κ3) is 3.81. The summed E-state index contributed by atoms with van der Waals surface area (Å²) in [7, 11) is 0. The molecule has 0 saturated carbocycles. The molecule has 254 valence electrons. The van der Waals surface area contributed by atoms with Crippen LogP contribution >= 0.6 is 0 Å². The molecule has 0 aliphatic carbocycles. The van der Waals surface area contributed by atoms with Crippen LogP contribution < -0.4 is 0 Å². The second-order valence-electron chi connectivity index (χ2n) is 14.5. The number of hydrogen-bond donors (Lipinski definition) is 0. The van der Waals surface area contributed by atoms with E-state index in [4.69, 9.17) is 14.4 Å². The highest BCUT2D eigenvalue weighted by molar-refractivity contribution is 6.36. The molecule has 0 atom stereocenters. The van der Waals surface area contributed by atoms with Gasteiger partial charge >= 0.3 is 0 Å². The van der Waals surface area contributed by atoms with Gasteiger partial charge in [-0.25, -0.2) is 9.97 Å². The molecule has 13 rings (SSSR count). The quantitative estimate of drug-likeness (QED) is 0.184. The Morgan fingerprint density at radius 2 is 1.15 bits per heavy atom. The Labute approximate surface area is 313 Å². The Balaban J connectivity index is 1.09.